The van der Waals surface area contributed by atoms with E-state index in [1.807, 2.05) is 6.92 Å². The number of aromatic nitrogens is 1. The van der Waals surface area contributed by atoms with E-state index in [0.29, 0.717) is 38.4 Å². The van der Waals surface area contributed by atoms with Crippen LogP contribution in [0.4, 0.5) is 0 Å². The molecule has 1 fully saturated rings. The Hall–Kier alpha value is -2.73. The third-order valence-electron chi connectivity index (χ3n) is 6.36. The van der Waals surface area contributed by atoms with E-state index < -0.39 is 5.97 Å². The lowest BCUT2D eigenvalue weighted by Crippen LogP contribution is -2.41. The Kier molecular flexibility index (Phi) is 7.67. The summed E-state index contributed by atoms with van der Waals surface area (Å²) in [7, 11) is 0. The van der Waals surface area contributed by atoms with Crippen molar-refractivity contribution in [1.29, 1.82) is 0 Å². The fraction of sp³-hybridized carbons (Fsp3) is 0.500. The van der Waals surface area contributed by atoms with E-state index in [1.54, 1.807) is 4.90 Å². The molecular weight excluding hydrogens is 402 g/mol. The van der Waals surface area contributed by atoms with Crippen LogP contribution < -0.4 is 5.73 Å². The van der Waals surface area contributed by atoms with Crippen molar-refractivity contribution in [3.63, 3.8) is 0 Å². The Morgan fingerprint density at radius 3 is 2.28 bits per heavy atom. The number of nitrogens with zero attached hydrogens (tertiary/aromatic N) is 2. The van der Waals surface area contributed by atoms with Crippen molar-refractivity contribution in [3.05, 3.63) is 52.3 Å². The molecule has 0 spiro atoms. The van der Waals surface area contributed by atoms with Crippen molar-refractivity contribution in [3.8, 4) is 11.1 Å². The van der Waals surface area contributed by atoms with Crippen molar-refractivity contribution in [1.82, 2.24) is 9.88 Å². The van der Waals surface area contributed by atoms with Crippen molar-refractivity contribution in [2.45, 2.75) is 59.9 Å². The van der Waals surface area contributed by atoms with E-state index in [9.17, 15) is 14.7 Å². The lowest BCUT2D eigenvalue weighted by atomic mass is 9.88. The summed E-state index contributed by atoms with van der Waals surface area (Å²) in [5, 5.41) is 9.24. The maximum Gasteiger partial charge on any atom is 0.306 e. The second-order valence-corrected chi connectivity index (χ2v) is 9.31. The first-order chi connectivity index (χ1) is 15.2. The van der Waals surface area contributed by atoms with Crippen LogP contribution in [0.25, 0.3) is 11.1 Å². The van der Waals surface area contributed by atoms with Crippen molar-refractivity contribution in [2.24, 2.45) is 17.6 Å². The Morgan fingerprint density at radius 2 is 1.75 bits per heavy atom. The van der Waals surface area contributed by atoms with Crippen molar-refractivity contribution >= 4 is 11.9 Å². The summed E-state index contributed by atoms with van der Waals surface area (Å²) >= 11 is 0. The van der Waals surface area contributed by atoms with Gasteiger partial charge in [-0.05, 0) is 61.3 Å². The smallest absolute Gasteiger partial charge is 0.306 e. The monoisotopic (exact) mass is 437 g/mol. The number of nitrogens with two attached hydrogens (primary N) is 1. The highest BCUT2D eigenvalue weighted by molar-refractivity contribution is 5.84. The van der Waals surface area contributed by atoms with Crippen LogP contribution in [0.3, 0.4) is 0 Å². The predicted molar refractivity (Wildman–Crippen MR) is 126 cm³/mol. The number of carboxylic acids is 1. The highest BCUT2D eigenvalue weighted by atomic mass is 16.4. The first-order valence-corrected chi connectivity index (χ1v) is 11.5. The number of carbonyl (C=O) groups is 2. The SMILES string of the molecule is Cc1ccc(-c2c(CC(=O)N3CCC(C(=O)O)CC3)c(C)nc(CC(C)C)c2CN)cc1. The quantitative estimate of drug-likeness (QED) is 0.685. The van der Waals surface area contributed by atoms with Gasteiger partial charge in [0.15, 0.2) is 0 Å². The molecule has 0 aliphatic carbocycles. The lowest BCUT2D eigenvalue weighted by Gasteiger charge is -2.31. The molecule has 172 valence electrons. The summed E-state index contributed by atoms with van der Waals surface area (Å²) in [6.07, 6.45) is 2.09. The number of benzene rings is 1. The van der Waals surface area contributed by atoms with Gasteiger partial charge in [0.05, 0.1) is 12.3 Å². The van der Waals surface area contributed by atoms with Gasteiger partial charge < -0.3 is 15.7 Å². The molecule has 2 heterocycles. The van der Waals surface area contributed by atoms with E-state index in [0.717, 1.165) is 40.1 Å². The summed E-state index contributed by atoms with van der Waals surface area (Å²) in [5.74, 6) is -0.662. The van der Waals surface area contributed by atoms with Crippen LogP contribution in [0.1, 0.15) is 54.8 Å². The van der Waals surface area contributed by atoms with Gasteiger partial charge in [0.25, 0.3) is 0 Å². The standard InChI is InChI=1S/C26H35N3O3/c1-16(2)13-23-22(15-27)25(19-7-5-17(3)6-8-19)21(18(4)28-23)14-24(30)29-11-9-20(10-12-29)26(31)32/h5-8,16,20H,9-15,27H2,1-4H3,(H,31,32). The third kappa shape index (κ3) is 5.36. The van der Waals surface area contributed by atoms with Crippen LogP contribution in [0.5, 0.6) is 0 Å². The molecule has 3 N–H and O–H groups in total. The molecule has 6 heteroatoms. The number of hydrogen-bond donors (Lipinski definition) is 2. The number of aliphatic carboxylic acids is 1. The number of likely N-dealkylation sites (tertiary alicyclic amines) is 1. The molecule has 1 saturated heterocycles. The highest BCUT2D eigenvalue weighted by Gasteiger charge is 2.28. The van der Waals surface area contributed by atoms with Crippen molar-refractivity contribution < 1.29 is 14.7 Å². The summed E-state index contributed by atoms with van der Waals surface area (Å²) < 4.78 is 0. The predicted octanol–water partition coefficient (Wildman–Crippen LogP) is 3.89. The highest BCUT2D eigenvalue weighted by Crippen LogP contribution is 2.33. The first-order valence-electron chi connectivity index (χ1n) is 11.5. The summed E-state index contributed by atoms with van der Waals surface area (Å²) in [6, 6.07) is 8.34. The van der Waals surface area contributed by atoms with Gasteiger partial charge >= 0.3 is 5.97 Å². The van der Waals surface area contributed by atoms with Crippen LogP contribution in [0, 0.1) is 25.7 Å². The maximum absolute atomic E-state index is 13.2. The molecule has 1 aliphatic rings. The van der Waals surface area contributed by atoms with E-state index in [2.05, 4.69) is 45.0 Å². The summed E-state index contributed by atoms with van der Waals surface area (Å²) in [4.78, 5) is 31.1. The molecule has 0 saturated carbocycles. The van der Waals surface area contributed by atoms with Gasteiger partial charge in [0, 0.05) is 31.0 Å². The minimum Gasteiger partial charge on any atom is -0.481 e. The zero-order valence-electron chi connectivity index (χ0n) is 19.6. The average Bonchev–Trinajstić information content (AvgIpc) is 2.75. The van der Waals surface area contributed by atoms with E-state index >= 15 is 0 Å². The number of hydrogen-bond acceptors (Lipinski definition) is 4. The van der Waals surface area contributed by atoms with Crippen molar-refractivity contribution in [2.75, 3.05) is 13.1 Å². The van der Waals surface area contributed by atoms with Crippen LogP contribution in [0.15, 0.2) is 24.3 Å². The largest absolute Gasteiger partial charge is 0.481 e. The fourth-order valence-electron chi connectivity index (χ4n) is 4.54. The number of rotatable bonds is 7. The fourth-order valence-corrected chi connectivity index (χ4v) is 4.54. The second-order valence-electron chi connectivity index (χ2n) is 9.31. The lowest BCUT2D eigenvalue weighted by molar-refractivity contribution is -0.145. The van der Waals surface area contributed by atoms with E-state index in [-0.39, 0.29) is 18.2 Å². The van der Waals surface area contributed by atoms with Gasteiger partial charge in [0.2, 0.25) is 5.91 Å². The van der Waals surface area contributed by atoms with Crippen LogP contribution in [-0.4, -0.2) is 40.0 Å². The Labute approximate surface area is 190 Å². The number of pyridine rings is 1. The Morgan fingerprint density at radius 1 is 1.12 bits per heavy atom. The van der Waals surface area contributed by atoms with Crippen LogP contribution in [-0.2, 0) is 29.0 Å². The zero-order valence-corrected chi connectivity index (χ0v) is 19.6. The average molecular weight is 438 g/mol. The summed E-state index contributed by atoms with van der Waals surface area (Å²) in [5.41, 5.74) is 13.3. The molecule has 2 aromatic rings. The van der Waals surface area contributed by atoms with Gasteiger partial charge in [-0.2, -0.15) is 0 Å². The topological polar surface area (TPSA) is 96.5 Å². The normalized spacial score (nSPS) is 14.8. The van der Waals surface area contributed by atoms with E-state index in [1.165, 1.54) is 5.56 Å². The first kappa shape index (κ1) is 23.9. The Bertz CT molecular complexity index is 975. The molecule has 1 aliphatic heterocycles. The van der Waals surface area contributed by atoms with Crippen LogP contribution in [0.2, 0.25) is 0 Å². The molecule has 1 aromatic heterocycles. The molecule has 32 heavy (non-hydrogen) atoms. The maximum atomic E-state index is 13.2. The Balaban J connectivity index is 2.00. The van der Waals surface area contributed by atoms with Gasteiger partial charge in [-0.25, -0.2) is 0 Å². The molecule has 3 rings (SSSR count). The van der Waals surface area contributed by atoms with Gasteiger partial charge in [-0.15, -0.1) is 0 Å². The molecule has 0 radical (unpaired) electrons. The van der Waals surface area contributed by atoms with Gasteiger partial charge in [-0.1, -0.05) is 43.7 Å². The molecule has 0 bridgehead atoms. The number of carboxylic acid groups (broad SMARTS) is 1. The number of carbonyl (C=O) groups excluding carboxylic acids is 1. The minimum atomic E-state index is -0.771. The number of piperidine rings is 1. The molecule has 0 atom stereocenters. The molecule has 1 amide bonds. The molecule has 6 nitrogen and oxygen atoms in total. The zero-order chi connectivity index (χ0) is 23.4. The number of amides is 1. The molecule has 1 aromatic carbocycles. The molecule has 0 unspecified atom stereocenters. The number of aryl methyl sites for hydroxylation is 2. The molecular formula is C26H35N3O3. The van der Waals surface area contributed by atoms with Gasteiger partial charge in [-0.3, -0.25) is 14.6 Å². The van der Waals surface area contributed by atoms with Crippen LogP contribution >= 0.6 is 0 Å². The van der Waals surface area contributed by atoms with Gasteiger partial charge in [0.1, 0.15) is 0 Å². The summed E-state index contributed by atoms with van der Waals surface area (Å²) in [6.45, 7) is 9.70. The van der Waals surface area contributed by atoms with E-state index in [4.69, 9.17) is 10.7 Å². The minimum absolute atomic E-state index is 0.0201. The third-order valence-corrected chi connectivity index (χ3v) is 6.36. The second kappa shape index (κ2) is 10.3.